The lowest BCUT2D eigenvalue weighted by atomic mass is 10.1. The summed E-state index contributed by atoms with van der Waals surface area (Å²) < 4.78 is 40.9. The smallest absolute Gasteiger partial charge is 0.337 e. The summed E-state index contributed by atoms with van der Waals surface area (Å²) in [6.07, 6.45) is 0. The van der Waals surface area contributed by atoms with E-state index >= 15 is 0 Å². The number of ether oxygens (including phenoxy) is 2. The number of benzene rings is 1. The van der Waals surface area contributed by atoms with Crippen molar-refractivity contribution < 1.29 is 32.0 Å². The molecule has 2 rings (SSSR count). The van der Waals surface area contributed by atoms with Crippen molar-refractivity contribution in [2.75, 3.05) is 13.7 Å². The normalized spacial score (nSPS) is 11.2. The van der Waals surface area contributed by atoms with Gasteiger partial charge in [-0.15, -0.1) is 0 Å². The summed E-state index contributed by atoms with van der Waals surface area (Å²) in [6.45, 7) is 2.35. The predicted molar refractivity (Wildman–Crippen MR) is 88.7 cm³/mol. The van der Waals surface area contributed by atoms with Crippen molar-refractivity contribution >= 4 is 22.0 Å². The van der Waals surface area contributed by atoms with Crippen molar-refractivity contribution in [2.24, 2.45) is 0 Å². The zero-order valence-corrected chi connectivity index (χ0v) is 15.3. The molecule has 0 saturated heterocycles. The average molecular weight is 382 g/mol. The second kappa shape index (κ2) is 8.11. The molecule has 0 spiro atoms. The first-order chi connectivity index (χ1) is 12.2. The Bertz CT molecular complexity index is 882. The SMILES string of the molecule is COC(=O)c1ccc(COC(=O)CNS(=O)(=O)c2c(C)noc2C)cc1. The molecule has 1 aromatic carbocycles. The van der Waals surface area contributed by atoms with Crippen LogP contribution in [0.4, 0.5) is 0 Å². The Morgan fingerprint density at radius 2 is 1.85 bits per heavy atom. The summed E-state index contributed by atoms with van der Waals surface area (Å²) in [5, 5.41) is 3.57. The van der Waals surface area contributed by atoms with E-state index < -0.39 is 28.5 Å². The molecule has 0 amide bonds. The number of nitrogens with zero attached hydrogens (tertiary/aromatic N) is 1. The molecule has 140 valence electrons. The van der Waals surface area contributed by atoms with Crippen LogP contribution in [0.1, 0.15) is 27.4 Å². The molecule has 2 aromatic rings. The van der Waals surface area contributed by atoms with Gasteiger partial charge in [-0.2, -0.15) is 4.72 Å². The second-order valence-electron chi connectivity index (χ2n) is 5.33. The quantitative estimate of drug-likeness (QED) is 0.706. The van der Waals surface area contributed by atoms with E-state index in [4.69, 9.17) is 9.26 Å². The molecular weight excluding hydrogens is 364 g/mol. The molecule has 0 aliphatic carbocycles. The summed E-state index contributed by atoms with van der Waals surface area (Å²) in [6, 6.07) is 6.28. The van der Waals surface area contributed by atoms with E-state index in [9.17, 15) is 18.0 Å². The number of rotatable bonds is 7. The number of aryl methyl sites for hydroxylation is 2. The molecule has 0 aliphatic rings. The van der Waals surface area contributed by atoms with Crippen LogP contribution in [0.5, 0.6) is 0 Å². The van der Waals surface area contributed by atoms with E-state index in [2.05, 4.69) is 14.6 Å². The molecule has 0 saturated carbocycles. The summed E-state index contributed by atoms with van der Waals surface area (Å²) in [7, 11) is -2.65. The highest BCUT2D eigenvalue weighted by Gasteiger charge is 2.24. The molecule has 9 nitrogen and oxygen atoms in total. The molecule has 0 unspecified atom stereocenters. The third-order valence-corrected chi connectivity index (χ3v) is 5.06. The minimum atomic E-state index is -3.93. The minimum Gasteiger partial charge on any atom is -0.465 e. The van der Waals surface area contributed by atoms with Crippen molar-refractivity contribution in [3.8, 4) is 0 Å². The maximum atomic E-state index is 12.2. The molecule has 1 N–H and O–H groups in total. The van der Waals surface area contributed by atoms with E-state index in [1.54, 1.807) is 12.1 Å². The Morgan fingerprint density at radius 3 is 2.38 bits per heavy atom. The van der Waals surface area contributed by atoms with Gasteiger partial charge in [0.1, 0.15) is 23.7 Å². The van der Waals surface area contributed by atoms with Gasteiger partial charge in [-0.05, 0) is 31.5 Å². The zero-order chi connectivity index (χ0) is 19.3. The average Bonchev–Trinajstić information content (AvgIpc) is 2.97. The van der Waals surface area contributed by atoms with E-state index in [1.807, 2.05) is 0 Å². The first-order valence-corrected chi connectivity index (χ1v) is 8.98. The van der Waals surface area contributed by atoms with E-state index in [0.717, 1.165) is 0 Å². The molecule has 0 aliphatic heterocycles. The summed E-state index contributed by atoms with van der Waals surface area (Å²) in [5.41, 5.74) is 1.21. The van der Waals surface area contributed by atoms with Gasteiger partial charge >= 0.3 is 11.9 Å². The van der Waals surface area contributed by atoms with Crippen LogP contribution in [0.2, 0.25) is 0 Å². The highest BCUT2D eigenvalue weighted by molar-refractivity contribution is 7.89. The lowest BCUT2D eigenvalue weighted by molar-refractivity contribution is -0.143. The third-order valence-electron chi connectivity index (χ3n) is 3.42. The van der Waals surface area contributed by atoms with Crippen LogP contribution in [0.25, 0.3) is 0 Å². The molecule has 0 atom stereocenters. The standard InChI is InChI=1S/C16H18N2O7S/c1-10-15(11(2)25-18-10)26(21,22)17-8-14(19)24-9-12-4-6-13(7-5-12)16(20)23-3/h4-7,17H,8-9H2,1-3H3. The first kappa shape index (κ1) is 19.6. The van der Waals surface area contributed by atoms with Crippen molar-refractivity contribution in [1.82, 2.24) is 9.88 Å². The Balaban J connectivity index is 1.88. The topological polar surface area (TPSA) is 125 Å². The number of sulfonamides is 1. The fourth-order valence-electron chi connectivity index (χ4n) is 2.15. The van der Waals surface area contributed by atoms with Crippen molar-refractivity contribution in [3.05, 3.63) is 46.8 Å². The third kappa shape index (κ3) is 4.67. The summed E-state index contributed by atoms with van der Waals surface area (Å²) in [5.74, 6) is -1.09. The lowest BCUT2D eigenvalue weighted by Gasteiger charge is -2.07. The second-order valence-corrected chi connectivity index (χ2v) is 7.03. The number of aromatic nitrogens is 1. The molecule has 0 fully saturated rings. The van der Waals surface area contributed by atoms with Gasteiger partial charge in [0.15, 0.2) is 5.76 Å². The lowest BCUT2D eigenvalue weighted by Crippen LogP contribution is -2.31. The molecule has 10 heteroatoms. The molecule has 1 aromatic heterocycles. The fraction of sp³-hybridized carbons (Fsp3) is 0.312. The largest absolute Gasteiger partial charge is 0.465 e. The van der Waals surface area contributed by atoms with Crippen LogP contribution < -0.4 is 4.72 Å². The highest BCUT2D eigenvalue weighted by atomic mass is 32.2. The molecule has 1 heterocycles. The number of carbonyl (C=O) groups excluding carboxylic acids is 2. The van der Waals surface area contributed by atoms with Crippen LogP contribution in [-0.2, 0) is 30.9 Å². The van der Waals surface area contributed by atoms with Gasteiger partial charge < -0.3 is 14.0 Å². The number of hydrogen-bond acceptors (Lipinski definition) is 8. The van der Waals surface area contributed by atoms with Crippen molar-refractivity contribution in [3.63, 3.8) is 0 Å². The Morgan fingerprint density at radius 1 is 1.19 bits per heavy atom. The van der Waals surface area contributed by atoms with Gasteiger partial charge in [-0.3, -0.25) is 4.79 Å². The van der Waals surface area contributed by atoms with Crippen molar-refractivity contribution in [1.29, 1.82) is 0 Å². The minimum absolute atomic E-state index is 0.0622. The zero-order valence-electron chi connectivity index (χ0n) is 14.4. The van der Waals surface area contributed by atoms with E-state index in [-0.39, 0.29) is 23.0 Å². The van der Waals surface area contributed by atoms with Crippen LogP contribution in [0, 0.1) is 13.8 Å². The molecule has 0 radical (unpaired) electrons. The van der Waals surface area contributed by atoms with Gasteiger partial charge in [0.05, 0.1) is 12.7 Å². The number of esters is 2. The predicted octanol–water partition coefficient (Wildman–Crippen LogP) is 1.10. The number of hydrogen-bond donors (Lipinski definition) is 1. The van der Waals surface area contributed by atoms with E-state index in [0.29, 0.717) is 11.1 Å². The van der Waals surface area contributed by atoms with Gasteiger partial charge in [0, 0.05) is 0 Å². The van der Waals surface area contributed by atoms with Gasteiger partial charge in [-0.1, -0.05) is 17.3 Å². The van der Waals surface area contributed by atoms with Crippen LogP contribution in [-0.4, -0.2) is 39.2 Å². The Hall–Kier alpha value is -2.72. The Labute approximate surface area is 150 Å². The Kier molecular flexibility index (Phi) is 6.11. The van der Waals surface area contributed by atoms with E-state index in [1.165, 1.54) is 33.1 Å². The molecule has 26 heavy (non-hydrogen) atoms. The number of carbonyl (C=O) groups is 2. The summed E-state index contributed by atoms with van der Waals surface area (Å²) in [4.78, 5) is 23.0. The summed E-state index contributed by atoms with van der Waals surface area (Å²) >= 11 is 0. The van der Waals surface area contributed by atoms with Gasteiger partial charge in [-0.25, -0.2) is 13.2 Å². The van der Waals surface area contributed by atoms with Crippen LogP contribution in [0.3, 0.4) is 0 Å². The maximum absolute atomic E-state index is 12.2. The van der Waals surface area contributed by atoms with Crippen LogP contribution in [0.15, 0.2) is 33.7 Å². The van der Waals surface area contributed by atoms with Gasteiger partial charge in [0.2, 0.25) is 10.0 Å². The highest BCUT2D eigenvalue weighted by Crippen LogP contribution is 2.18. The van der Waals surface area contributed by atoms with Crippen LogP contribution >= 0.6 is 0 Å². The number of methoxy groups -OCH3 is 1. The number of nitrogens with one attached hydrogen (secondary N) is 1. The monoisotopic (exact) mass is 382 g/mol. The first-order valence-electron chi connectivity index (χ1n) is 7.50. The van der Waals surface area contributed by atoms with Gasteiger partial charge in [0.25, 0.3) is 0 Å². The molecule has 0 bridgehead atoms. The fourth-order valence-corrected chi connectivity index (χ4v) is 3.45. The van der Waals surface area contributed by atoms with Crippen molar-refractivity contribution in [2.45, 2.75) is 25.3 Å². The molecular formula is C16H18N2O7S. The maximum Gasteiger partial charge on any atom is 0.337 e.